The first-order valence-corrected chi connectivity index (χ1v) is 4.60. The van der Waals surface area contributed by atoms with Crippen LogP contribution >= 0.6 is 15.9 Å². The summed E-state index contributed by atoms with van der Waals surface area (Å²) in [5.41, 5.74) is -0.179. The van der Waals surface area contributed by atoms with Crippen LogP contribution in [0.3, 0.4) is 0 Å². The number of halogens is 1. The highest BCUT2D eigenvalue weighted by Gasteiger charge is 2.48. The molecule has 1 rings (SSSR count). The second kappa shape index (κ2) is 2.70. The number of ether oxygens (including phenoxy) is 2. The van der Waals surface area contributed by atoms with Crippen molar-refractivity contribution in [1.82, 2.24) is 0 Å². The lowest BCUT2D eigenvalue weighted by Gasteiger charge is -2.24. The quantitative estimate of drug-likeness (QED) is 0.477. The monoisotopic (exact) mass is 236 g/mol. The molecule has 0 N–H and O–H groups in total. The van der Waals surface area contributed by atoms with Crippen LogP contribution in [0.5, 0.6) is 0 Å². The van der Waals surface area contributed by atoms with Gasteiger partial charge in [-0.05, 0) is 22.9 Å². The molecule has 1 aliphatic heterocycles. The number of cyclic esters (lactones) is 1. The molecular weight excluding hydrogens is 224 g/mol. The molecular formula is C8H13BrO3. The van der Waals surface area contributed by atoms with Crippen molar-refractivity contribution in [3.05, 3.63) is 0 Å². The largest absolute Gasteiger partial charge is 0.432 e. The molecule has 0 unspecified atom stereocenters. The normalized spacial score (nSPS) is 36.8. The van der Waals surface area contributed by atoms with Crippen LogP contribution in [0.4, 0.5) is 0 Å². The SMILES string of the molecule is CC(C)(C)[C@@H]1OC(=O)[C@@](C)(Br)O1. The molecule has 1 heterocycles. The van der Waals surface area contributed by atoms with Crippen molar-refractivity contribution < 1.29 is 14.3 Å². The van der Waals surface area contributed by atoms with Crippen LogP contribution in [0.1, 0.15) is 27.7 Å². The number of alkyl halides is 1. The van der Waals surface area contributed by atoms with Crippen LogP contribution in [-0.2, 0) is 14.3 Å². The lowest BCUT2D eigenvalue weighted by atomic mass is 9.96. The van der Waals surface area contributed by atoms with E-state index in [0.717, 1.165) is 0 Å². The van der Waals surface area contributed by atoms with Gasteiger partial charge in [-0.2, -0.15) is 0 Å². The second-order valence-corrected chi connectivity index (χ2v) is 5.65. The zero-order valence-electron chi connectivity index (χ0n) is 7.68. The summed E-state index contributed by atoms with van der Waals surface area (Å²) in [4.78, 5) is 11.2. The van der Waals surface area contributed by atoms with Gasteiger partial charge in [-0.1, -0.05) is 20.8 Å². The number of rotatable bonds is 0. The van der Waals surface area contributed by atoms with E-state index in [-0.39, 0.29) is 11.4 Å². The molecule has 0 spiro atoms. The lowest BCUT2D eigenvalue weighted by Crippen LogP contribution is -2.29. The Bertz CT molecular complexity index is 205. The molecule has 70 valence electrons. The highest BCUT2D eigenvalue weighted by atomic mass is 79.9. The molecule has 0 aliphatic carbocycles. The molecule has 0 aromatic carbocycles. The van der Waals surface area contributed by atoms with Crippen molar-refractivity contribution in [3.8, 4) is 0 Å². The molecule has 1 aliphatic rings. The number of carbonyl (C=O) groups is 1. The van der Waals surface area contributed by atoms with Gasteiger partial charge >= 0.3 is 5.97 Å². The van der Waals surface area contributed by atoms with E-state index in [2.05, 4.69) is 15.9 Å². The molecule has 3 nitrogen and oxygen atoms in total. The minimum atomic E-state index is -0.967. The van der Waals surface area contributed by atoms with Gasteiger partial charge in [0, 0.05) is 5.41 Å². The van der Waals surface area contributed by atoms with Crippen LogP contribution in [0, 0.1) is 5.41 Å². The molecule has 0 amide bonds. The van der Waals surface area contributed by atoms with Gasteiger partial charge in [-0.15, -0.1) is 0 Å². The summed E-state index contributed by atoms with van der Waals surface area (Å²) in [5, 5.41) is 0. The summed E-state index contributed by atoms with van der Waals surface area (Å²) >= 11 is 3.14. The van der Waals surface area contributed by atoms with Crippen LogP contribution < -0.4 is 0 Å². The summed E-state index contributed by atoms with van der Waals surface area (Å²) in [7, 11) is 0. The molecule has 0 bridgehead atoms. The van der Waals surface area contributed by atoms with E-state index in [1.165, 1.54) is 0 Å². The van der Waals surface area contributed by atoms with Crippen molar-refractivity contribution in [2.24, 2.45) is 5.41 Å². The molecule has 0 saturated carbocycles. The van der Waals surface area contributed by atoms with Crippen molar-refractivity contribution in [1.29, 1.82) is 0 Å². The molecule has 1 fully saturated rings. The Morgan fingerprint density at radius 1 is 1.50 bits per heavy atom. The van der Waals surface area contributed by atoms with Crippen LogP contribution in [0.2, 0.25) is 0 Å². The van der Waals surface area contributed by atoms with Gasteiger partial charge in [-0.3, -0.25) is 0 Å². The van der Waals surface area contributed by atoms with E-state index in [1.807, 2.05) is 20.8 Å². The molecule has 12 heavy (non-hydrogen) atoms. The predicted molar refractivity (Wildman–Crippen MR) is 47.8 cm³/mol. The third-order valence-electron chi connectivity index (χ3n) is 1.61. The Morgan fingerprint density at radius 2 is 2.00 bits per heavy atom. The third kappa shape index (κ3) is 1.80. The van der Waals surface area contributed by atoms with E-state index in [0.29, 0.717) is 0 Å². The first kappa shape index (κ1) is 9.99. The van der Waals surface area contributed by atoms with E-state index in [9.17, 15) is 4.79 Å². The topological polar surface area (TPSA) is 35.5 Å². The minimum Gasteiger partial charge on any atom is -0.432 e. The fraction of sp³-hybridized carbons (Fsp3) is 0.875. The van der Waals surface area contributed by atoms with E-state index < -0.39 is 10.8 Å². The Morgan fingerprint density at radius 3 is 2.17 bits per heavy atom. The van der Waals surface area contributed by atoms with E-state index in [1.54, 1.807) is 6.92 Å². The van der Waals surface area contributed by atoms with Crippen LogP contribution in [-0.4, -0.2) is 16.8 Å². The van der Waals surface area contributed by atoms with Crippen molar-refractivity contribution in [2.75, 3.05) is 0 Å². The van der Waals surface area contributed by atoms with Crippen molar-refractivity contribution in [3.63, 3.8) is 0 Å². The number of esters is 1. The maximum atomic E-state index is 11.2. The second-order valence-electron chi connectivity index (χ2n) is 4.14. The highest BCUT2D eigenvalue weighted by molar-refractivity contribution is 9.10. The maximum absolute atomic E-state index is 11.2. The van der Waals surface area contributed by atoms with Gasteiger partial charge in [0.25, 0.3) is 0 Å². The van der Waals surface area contributed by atoms with Gasteiger partial charge in [0.1, 0.15) is 0 Å². The molecule has 2 atom stereocenters. The smallest absolute Gasteiger partial charge is 0.351 e. The van der Waals surface area contributed by atoms with Crippen molar-refractivity contribution >= 4 is 21.9 Å². The molecule has 4 heteroatoms. The number of hydrogen-bond acceptors (Lipinski definition) is 3. The van der Waals surface area contributed by atoms with Crippen LogP contribution in [0.15, 0.2) is 0 Å². The molecule has 1 saturated heterocycles. The maximum Gasteiger partial charge on any atom is 0.351 e. The Kier molecular flexibility index (Phi) is 2.25. The van der Waals surface area contributed by atoms with E-state index >= 15 is 0 Å². The average molecular weight is 237 g/mol. The fourth-order valence-electron chi connectivity index (χ4n) is 0.829. The molecule has 0 aromatic rings. The van der Waals surface area contributed by atoms with Gasteiger partial charge < -0.3 is 9.47 Å². The van der Waals surface area contributed by atoms with Gasteiger partial charge in [0.15, 0.2) is 0 Å². The Labute approximate surface area is 80.5 Å². The summed E-state index contributed by atoms with van der Waals surface area (Å²) in [6.07, 6.45) is -0.464. The van der Waals surface area contributed by atoms with Crippen molar-refractivity contribution in [2.45, 2.75) is 38.5 Å². The van der Waals surface area contributed by atoms with Gasteiger partial charge in [0.05, 0.1) is 0 Å². The Hall–Kier alpha value is -0.0900. The van der Waals surface area contributed by atoms with Crippen LogP contribution in [0.25, 0.3) is 0 Å². The minimum absolute atomic E-state index is 0.179. The first-order valence-electron chi connectivity index (χ1n) is 3.81. The Balaban J connectivity index is 2.74. The summed E-state index contributed by atoms with van der Waals surface area (Å²) < 4.78 is 9.44. The standard InChI is InChI=1S/C8H13BrO3/c1-7(2,3)6-11-5(10)8(4,9)12-6/h6H,1-4H3/t6-,8+/m1/s1. The number of hydrogen-bond donors (Lipinski definition) is 0. The molecule has 0 aromatic heterocycles. The fourth-order valence-corrected chi connectivity index (χ4v) is 1.09. The third-order valence-corrected chi connectivity index (χ3v) is 2.12. The summed E-state index contributed by atoms with van der Waals surface area (Å²) in [6.45, 7) is 7.51. The summed E-state index contributed by atoms with van der Waals surface area (Å²) in [6, 6.07) is 0. The summed E-state index contributed by atoms with van der Waals surface area (Å²) in [5.74, 6) is -0.359. The zero-order valence-corrected chi connectivity index (χ0v) is 9.27. The zero-order chi connectivity index (χ0) is 9.57. The first-order chi connectivity index (χ1) is 5.23. The number of carbonyl (C=O) groups excluding carboxylic acids is 1. The predicted octanol–water partition coefficient (Wildman–Crippen LogP) is 2.04. The molecule has 0 radical (unpaired) electrons. The van der Waals surface area contributed by atoms with E-state index in [4.69, 9.17) is 9.47 Å². The average Bonchev–Trinajstić information content (AvgIpc) is 2.06. The lowest BCUT2D eigenvalue weighted by molar-refractivity contribution is -0.154. The van der Waals surface area contributed by atoms with Gasteiger partial charge in [0.2, 0.25) is 10.8 Å². The van der Waals surface area contributed by atoms with Gasteiger partial charge in [-0.25, -0.2) is 4.79 Å². The highest BCUT2D eigenvalue weighted by Crippen LogP contribution is 2.37.